The standard InChI is InChI=1S/C22H30N2Si/c1-25(2,21-11-7-9-19(17-21)23-13-3-4-14-23)22-12-8-10-20(18-22)24-15-5-6-16-24/h7-12,17-18H,3-6,13-16H2,1-2H3/i3D2,4D2,5D2,6D2,13D2,14D2,15D2,16D2. The largest absolute Gasteiger partial charge is 0.372 e. The Balaban J connectivity index is 1.82. The first kappa shape index (κ1) is 6.45. The zero-order valence-electron chi connectivity index (χ0n) is 30.0. The van der Waals surface area contributed by atoms with Gasteiger partial charge >= 0.3 is 0 Å². The van der Waals surface area contributed by atoms with E-state index in [0.717, 1.165) is 0 Å². The molecule has 0 unspecified atom stereocenters. The second-order valence-electron chi connectivity index (χ2n) is 6.34. The maximum atomic E-state index is 8.36. The molecule has 0 aromatic heterocycles. The van der Waals surface area contributed by atoms with E-state index < -0.39 is 59.6 Å². The highest BCUT2D eigenvalue weighted by atomic mass is 28.3. The second kappa shape index (κ2) is 6.87. The number of anilines is 2. The fraction of sp³-hybridized carbons (Fsp3) is 0.455. The lowest BCUT2D eigenvalue weighted by molar-refractivity contribution is 0.949. The molecule has 2 saturated heterocycles. The maximum absolute atomic E-state index is 8.36. The third-order valence-corrected chi connectivity index (χ3v) is 7.96. The van der Waals surface area contributed by atoms with Gasteiger partial charge in [-0.05, 0) is 49.8 Å². The maximum Gasteiger partial charge on any atom is 0.112 e. The molecule has 0 aliphatic carbocycles. The van der Waals surface area contributed by atoms with Gasteiger partial charge in [-0.2, -0.15) is 0 Å². The number of hydrogen-bond acceptors (Lipinski definition) is 2. The molecule has 2 aromatic rings. The Bertz CT molecular complexity index is 1220. The predicted octanol–water partition coefficient (Wildman–Crippen LogP) is 3.71. The van der Waals surface area contributed by atoms with Crippen molar-refractivity contribution in [3.63, 3.8) is 0 Å². The first-order valence-corrected chi connectivity index (χ1v) is 11.0. The van der Waals surface area contributed by atoms with Crippen LogP contribution in [0.25, 0.3) is 0 Å². The average molecular weight is 367 g/mol. The van der Waals surface area contributed by atoms with Gasteiger partial charge in [-0.25, -0.2) is 0 Å². The third kappa shape index (κ3) is 3.34. The van der Waals surface area contributed by atoms with Crippen LogP contribution in [0.3, 0.4) is 0 Å². The van der Waals surface area contributed by atoms with Gasteiger partial charge in [-0.3, -0.25) is 0 Å². The molecule has 2 heterocycles. The van der Waals surface area contributed by atoms with E-state index in [0.29, 0.717) is 20.2 Å². The summed E-state index contributed by atoms with van der Waals surface area (Å²) in [5.41, 5.74) is -0.179. The highest BCUT2D eigenvalue weighted by Gasteiger charge is 2.27. The lowest BCUT2D eigenvalue weighted by Gasteiger charge is -2.28. The van der Waals surface area contributed by atoms with Crippen LogP contribution in [0.1, 0.15) is 47.4 Å². The average Bonchev–Trinajstić information content (AvgIpc) is 2.94. The van der Waals surface area contributed by atoms with Crippen LogP contribution in [-0.4, -0.2) is 34.1 Å². The fourth-order valence-corrected chi connectivity index (χ4v) is 5.26. The minimum atomic E-state index is -3.20. The molecule has 0 bridgehead atoms. The minimum Gasteiger partial charge on any atom is -0.372 e. The van der Waals surface area contributed by atoms with E-state index >= 15 is 0 Å². The number of rotatable bonds is 4. The van der Waals surface area contributed by atoms with Gasteiger partial charge < -0.3 is 9.80 Å². The summed E-state index contributed by atoms with van der Waals surface area (Å²) in [6, 6.07) is 12.0. The summed E-state index contributed by atoms with van der Waals surface area (Å²) in [6.45, 7) is -8.51. The van der Waals surface area contributed by atoms with Gasteiger partial charge in [0.1, 0.15) is 8.07 Å². The Morgan fingerprint density at radius 1 is 0.720 bits per heavy atom. The van der Waals surface area contributed by atoms with E-state index in [2.05, 4.69) is 0 Å². The molecule has 2 aliphatic rings. The molecule has 3 heteroatoms. The molecule has 0 atom stereocenters. The molecule has 25 heavy (non-hydrogen) atoms. The SMILES string of the molecule is [2H]C1([2H])N(c2cccc([Si](C)(C)c3cccc(N4C([2H])([2H])C([2H])([2H])C([2H])([2H])C4([2H])[2H])c3)c2)C([2H])([2H])C([2H])([2H])C1([2H])[2H]. The normalized spacial score (nSPS) is 43.8. The van der Waals surface area contributed by atoms with Crippen molar-refractivity contribution in [3.8, 4) is 0 Å². The molecule has 0 amide bonds. The van der Waals surface area contributed by atoms with E-state index in [1.165, 1.54) is 36.4 Å². The van der Waals surface area contributed by atoms with Crippen LogP contribution < -0.4 is 20.2 Å². The van der Waals surface area contributed by atoms with E-state index in [-0.39, 0.29) is 11.4 Å². The molecule has 0 radical (unpaired) electrons. The topological polar surface area (TPSA) is 6.48 Å². The number of hydrogen-bond donors (Lipinski definition) is 0. The van der Waals surface area contributed by atoms with Crippen molar-refractivity contribution >= 4 is 29.8 Å². The molecular formula is C22H30N2Si. The van der Waals surface area contributed by atoms with Crippen LogP contribution in [0.2, 0.25) is 13.1 Å². The van der Waals surface area contributed by atoms with E-state index in [1.807, 2.05) is 13.1 Å². The van der Waals surface area contributed by atoms with Crippen molar-refractivity contribution in [2.24, 2.45) is 0 Å². The van der Waals surface area contributed by atoms with Crippen molar-refractivity contribution in [1.29, 1.82) is 0 Å². The highest BCUT2D eigenvalue weighted by Crippen LogP contribution is 2.22. The zero-order chi connectivity index (χ0) is 31.6. The van der Waals surface area contributed by atoms with Crippen LogP contribution in [-0.2, 0) is 0 Å². The van der Waals surface area contributed by atoms with Gasteiger partial charge in [-0.1, -0.05) is 47.7 Å². The number of nitrogens with zero attached hydrogens (tertiary/aromatic N) is 2. The summed E-state index contributed by atoms with van der Waals surface area (Å²) >= 11 is 0. The quantitative estimate of drug-likeness (QED) is 0.761. The van der Waals surface area contributed by atoms with E-state index in [1.54, 1.807) is 12.1 Å². The second-order valence-corrected chi connectivity index (χ2v) is 10.7. The van der Waals surface area contributed by atoms with Crippen molar-refractivity contribution in [2.75, 3.05) is 35.8 Å². The Kier molecular flexibility index (Phi) is 1.77. The fourth-order valence-electron chi connectivity index (χ4n) is 2.88. The summed E-state index contributed by atoms with van der Waals surface area (Å²) in [5, 5.41) is 1.18. The predicted molar refractivity (Wildman–Crippen MR) is 113 cm³/mol. The lowest BCUT2D eigenvalue weighted by Crippen LogP contribution is -2.53. The lowest BCUT2D eigenvalue weighted by atomic mass is 10.3. The van der Waals surface area contributed by atoms with Gasteiger partial charge in [0.2, 0.25) is 0 Å². The molecule has 2 fully saturated rings. The monoisotopic (exact) mass is 366 g/mol. The minimum absolute atomic E-state index is 0.0897. The molecule has 2 aliphatic heterocycles. The molecule has 0 saturated carbocycles. The number of benzene rings is 2. The third-order valence-electron chi connectivity index (χ3n) is 4.45. The van der Waals surface area contributed by atoms with Crippen molar-refractivity contribution < 1.29 is 21.9 Å². The summed E-state index contributed by atoms with van der Waals surface area (Å²) in [4.78, 5) is 0.948. The Morgan fingerprint density at radius 2 is 1.12 bits per heavy atom. The van der Waals surface area contributed by atoms with Gasteiger partial charge in [0.05, 0.1) is 0 Å². The molecule has 0 N–H and O–H groups in total. The smallest absolute Gasteiger partial charge is 0.112 e. The zero-order valence-corrected chi connectivity index (χ0v) is 15.0. The van der Waals surface area contributed by atoms with Gasteiger partial charge in [0.15, 0.2) is 0 Å². The van der Waals surface area contributed by atoms with Crippen molar-refractivity contribution in [3.05, 3.63) is 48.5 Å². The van der Waals surface area contributed by atoms with Gasteiger partial charge in [0.25, 0.3) is 0 Å². The summed E-state index contributed by atoms with van der Waals surface area (Å²) in [5.74, 6) is 0. The van der Waals surface area contributed by atoms with Crippen LogP contribution in [0.15, 0.2) is 48.5 Å². The Hall–Kier alpha value is -1.74. The highest BCUT2D eigenvalue weighted by molar-refractivity contribution is 7.00. The molecule has 2 aromatic carbocycles. The molecule has 4 rings (SSSR count). The summed E-state index contributed by atoms with van der Waals surface area (Å²) in [7, 11) is -2.87. The molecule has 0 spiro atoms. The van der Waals surface area contributed by atoms with E-state index in [4.69, 9.17) is 21.9 Å². The Morgan fingerprint density at radius 3 is 1.52 bits per heavy atom. The van der Waals surface area contributed by atoms with Gasteiger partial charge in [-0.15, -0.1) is 0 Å². The van der Waals surface area contributed by atoms with Crippen molar-refractivity contribution in [1.82, 2.24) is 0 Å². The molecule has 2 nitrogen and oxygen atoms in total. The summed E-state index contributed by atoms with van der Waals surface area (Å²) in [6.07, 6.45) is -12.8. The van der Waals surface area contributed by atoms with Crippen molar-refractivity contribution in [2.45, 2.75) is 38.6 Å². The van der Waals surface area contributed by atoms with Crippen LogP contribution in [0.4, 0.5) is 11.4 Å². The van der Waals surface area contributed by atoms with E-state index in [9.17, 15) is 0 Å². The summed E-state index contributed by atoms with van der Waals surface area (Å²) < 4.78 is 132. The van der Waals surface area contributed by atoms with Crippen LogP contribution >= 0.6 is 0 Å². The van der Waals surface area contributed by atoms with Gasteiger partial charge in [0, 0.05) is 59.3 Å². The van der Waals surface area contributed by atoms with Crippen LogP contribution in [0.5, 0.6) is 0 Å². The van der Waals surface area contributed by atoms with Crippen LogP contribution in [0, 0.1) is 0 Å². The first-order chi connectivity index (χ1) is 18.2. The molecule has 132 valence electrons. The first-order valence-electron chi connectivity index (χ1n) is 16.0. The molecular weight excluding hydrogens is 320 g/mol. The Labute approximate surface area is 176 Å².